The van der Waals surface area contributed by atoms with E-state index in [2.05, 4.69) is 19.2 Å². The monoisotopic (exact) mass is 209 g/mol. The van der Waals surface area contributed by atoms with Gasteiger partial charge in [-0.1, -0.05) is 13.3 Å². The lowest BCUT2D eigenvalue weighted by Gasteiger charge is -2.28. The maximum atomic E-state index is 11.5. The number of carbonyl (C=O) groups excluding carboxylic acids is 1. The van der Waals surface area contributed by atoms with E-state index in [1.165, 1.54) is 25.7 Å². The topological polar surface area (TPSA) is 29.1 Å². The summed E-state index contributed by atoms with van der Waals surface area (Å²) in [6, 6.07) is 0.402. The summed E-state index contributed by atoms with van der Waals surface area (Å²) in [6.07, 6.45) is 7.28. The van der Waals surface area contributed by atoms with Crippen LogP contribution in [0.5, 0.6) is 0 Å². The van der Waals surface area contributed by atoms with Crippen molar-refractivity contribution in [2.24, 2.45) is 17.8 Å². The number of hydrogen-bond acceptors (Lipinski definition) is 1. The highest BCUT2D eigenvalue weighted by Gasteiger charge is 2.41. The summed E-state index contributed by atoms with van der Waals surface area (Å²) in [5, 5.41) is 3.17. The van der Waals surface area contributed by atoms with Gasteiger partial charge in [-0.25, -0.2) is 0 Å². The lowest BCUT2D eigenvalue weighted by atomic mass is 9.84. The molecular weight excluding hydrogens is 186 g/mol. The average Bonchev–Trinajstić information content (AvgIpc) is 2.78. The fraction of sp³-hybridized carbons (Fsp3) is 0.923. The molecule has 0 spiro atoms. The third-order valence-electron chi connectivity index (χ3n) is 4.30. The van der Waals surface area contributed by atoms with Crippen molar-refractivity contribution in [2.75, 3.05) is 0 Å². The molecule has 1 N–H and O–H groups in total. The van der Waals surface area contributed by atoms with Crippen LogP contribution in [0.2, 0.25) is 0 Å². The van der Waals surface area contributed by atoms with Gasteiger partial charge in [0.1, 0.15) is 0 Å². The Kier molecular flexibility index (Phi) is 3.32. The van der Waals surface area contributed by atoms with Crippen LogP contribution in [0.1, 0.15) is 52.4 Å². The molecule has 15 heavy (non-hydrogen) atoms. The highest BCUT2D eigenvalue weighted by Crippen LogP contribution is 2.49. The number of fused-ring (bicyclic) bond motifs is 2. The molecule has 0 aromatic rings. The summed E-state index contributed by atoms with van der Waals surface area (Å²) >= 11 is 0. The molecule has 2 aliphatic rings. The van der Waals surface area contributed by atoms with E-state index in [4.69, 9.17) is 0 Å². The van der Waals surface area contributed by atoms with Gasteiger partial charge in [0.05, 0.1) is 0 Å². The quantitative estimate of drug-likeness (QED) is 0.758. The van der Waals surface area contributed by atoms with Crippen molar-refractivity contribution < 1.29 is 4.79 Å². The molecule has 0 radical (unpaired) electrons. The van der Waals surface area contributed by atoms with Crippen molar-refractivity contribution in [3.05, 3.63) is 0 Å². The van der Waals surface area contributed by atoms with Crippen LogP contribution in [-0.2, 0) is 4.79 Å². The molecule has 2 fully saturated rings. The molecule has 1 amide bonds. The first-order chi connectivity index (χ1) is 7.20. The van der Waals surface area contributed by atoms with Gasteiger partial charge in [0.15, 0.2) is 0 Å². The SMILES string of the molecule is CCCC(=O)N[C@@H](C)[C@@H]1C[C@@H]2CC[C@@H]1C2. The lowest BCUT2D eigenvalue weighted by Crippen LogP contribution is -2.39. The highest BCUT2D eigenvalue weighted by molar-refractivity contribution is 5.76. The zero-order chi connectivity index (χ0) is 10.8. The zero-order valence-electron chi connectivity index (χ0n) is 9.96. The first-order valence-corrected chi connectivity index (χ1v) is 6.50. The molecule has 4 atom stereocenters. The van der Waals surface area contributed by atoms with Crippen LogP contribution in [0.25, 0.3) is 0 Å². The standard InChI is InChI=1S/C13H23NO/c1-3-4-13(15)14-9(2)12-8-10-5-6-11(12)7-10/h9-12H,3-8H2,1-2H3,(H,14,15)/t9-,10+,11+,12-/m0/s1. The van der Waals surface area contributed by atoms with E-state index in [0.29, 0.717) is 12.5 Å². The van der Waals surface area contributed by atoms with Gasteiger partial charge in [0.25, 0.3) is 0 Å². The molecule has 2 saturated carbocycles. The van der Waals surface area contributed by atoms with E-state index in [-0.39, 0.29) is 5.91 Å². The van der Waals surface area contributed by atoms with E-state index < -0.39 is 0 Å². The van der Waals surface area contributed by atoms with Gasteiger partial charge in [0, 0.05) is 12.5 Å². The van der Waals surface area contributed by atoms with E-state index in [1.807, 2.05) is 0 Å². The second kappa shape index (κ2) is 4.54. The maximum Gasteiger partial charge on any atom is 0.220 e. The van der Waals surface area contributed by atoms with Crippen molar-refractivity contribution in [2.45, 2.75) is 58.4 Å². The Morgan fingerprint density at radius 3 is 2.73 bits per heavy atom. The fourth-order valence-electron chi connectivity index (χ4n) is 3.57. The number of rotatable bonds is 4. The van der Waals surface area contributed by atoms with Crippen LogP contribution in [0.4, 0.5) is 0 Å². The van der Waals surface area contributed by atoms with Crippen LogP contribution >= 0.6 is 0 Å². The Bertz CT molecular complexity index is 239. The van der Waals surface area contributed by atoms with E-state index in [0.717, 1.165) is 24.2 Å². The van der Waals surface area contributed by atoms with Crippen molar-refractivity contribution in [1.29, 1.82) is 0 Å². The second-order valence-electron chi connectivity index (χ2n) is 5.44. The third-order valence-corrected chi connectivity index (χ3v) is 4.30. The maximum absolute atomic E-state index is 11.5. The van der Waals surface area contributed by atoms with Crippen LogP contribution in [0.3, 0.4) is 0 Å². The summed E-state index contributed by atoms with van der Waals surface area (Å²) in [6.45, 7) is 4.25. The molecule has 0 heterocycles. The first-order valence-electron chi connectivity index (χ1n) is 6.50. The van der Waals surface area contributed by atoms with E-state index in [9.17, 15) is 4.79 Å². The van der Waals surface area contributed by atoms with Gasteiger partial charge in [-0.05, 0) is 50.4 Å². The van der Waals surface area contributed by atoms with Gasteiger partial charge in [0.2, 0.25) is 5.91 Å². The molecule has 86 valence electrons. The largest absolute Gasteiger partial charge is 0.353 e. The second-order valence-corrected chi connectivity index (χ2v) is 5.44. The van der Waals surface area contributed by atoms with Gasteiger partial charge in [-0.2, -0.15) is 0 Å². The minimum Gasteiger partial charge on any atom is -0.353 e. The number of nitrogens with one attached hydrogen (secondary N) is 1. The summed E-state index contributed by atoms with van der Waals surface area (Å²) in [7, 11) is 0. The Labute approximate surface area is 92.8 Å². The summed E-state index contributed by atoms with van der Waals surface area (Å²) < 4.78 is 0. The minimum atomic E-state index is 0.243. The van der Waals surface area contributed by atoms with Gasteiger partial charge < -0.3 is 5.32 Å². The van der Waals surface area contributed by atoms with E-state index >= 15 is 0 Å². The molecule has 0 aromatic heterocycles. The molecule has 0 unspecified atom stereocenters. The van der Waals surface area contributed by atoms with E-state index in [1.54, 1.807) is 0 Å². The fourth-order valence-corrected chi connectivity index (χ4v) is 3.57. The van der Waals surface area contributed by atoms with Gasteiger partial charge in [-0.3, -0.25) is 4.79 Å². The van der Waals surface area contributed by atoms with Gasteiger partial charge in [-0.15, -0.1) is 0 Å². The van der Waals surface area contributed by atoms with Crippen molar-refractivity contribution in [3.63, 3.8) is 0 Å². The highest BCUT2D eigenvalue weighted by atomic mass is 16.1. The van der Waals surface area contributed by atoms with Crippen LogP contribution < -0.4 is 5.32 Å². The Hall–Kier alpha value is -0.530. The van der Waals surface area contributed by atoms with Crippen molar-refractivity contribution >= 4 is 5.91 Å². The van der Waals surface area contributed by atoms with Gasteiger partial charge >= 0.3 is 0 Å². The summed E-state index contributed by atoms with van der Waals surface area (Å²) in [5.74, 6) is 2.90. The molecule has 0 aromatic carbocycles. The number of amides is 1. The summed E-state index contributed by atoms with van der Waals surface area (Å²) in [4.78, 5) is 11.5. The molecular formula is C13H23NO. The Morgan fingerprint density at radius 1 is 1.40 bits per heavy atom. The lowest BCUT2D eigenvalue weighted by molar-refractivity contribution is -0.122. The molecule has 2 rings (SSSR count). The first kappa shape index (κ1) is 11.0. The molecule has 0 aliphatic heterocycles. The van der Waals surface area contributed by atoms with Crippen LogP contribution in [0.15, 0.2) is 0 Å². The minimum absolute atomic E-state index is 0.243. The zero-order valence-corrected chi connectivity index (χ0v) is 9.96. The van der Waals surface area contributed by atoms with Crippen molar-refractivity contribution in [1.82, 2.24) is 5.32 Å². The van der Waals surface area contributed by atoms with Crippen LogP contribution in [0, 0.1) is 17.8 Å². The molecule has 2 aliphatic carbocycles. The molecule has 2 bridgehead atoms. The van der Waals surface area contributed by atoms with Crippen LogP contribution in [-0.4, -0.2) is 11.9 Å². The predicted molar refractivity (Wildman–Crippen MR) is 61.5 cm³/mol. The average molecular weight is 209 g/mol. The smallest absolute Gasteiger partial charge is 0.220 e. The Morgan fingerprint density at radius 2 is 2.20 bits per heavy atom. The number of hydrogen-bond donors (Lipinski definition) is 1. The molecule has 2 heteroatoms. The molecule has 2 nitrogen and oxygen atoms in total. The molecule has 0 saturated heterocycles. The number of carbonyl (C=O) groups is 1. The van der Waals surface area contributed by atoms with Crippen molar-refractivity contribution in [3.8, 4) is 0 Å². The predicted octanol–water partition coefficient (Wildman–Crippen LogP) is 2.73. The summed E-state index contributed by atoms with van der Waals surface area (Å²) in [5.41, 5.74) is 0. The third kappa shape index (κ3) is 2.35. The Balaban J connectivity index is 1.81. The normalized spacial score (nSPS) is 35.5.